The molecule has 1 aromatic rings. The van der Waals surface area contributed by atoms with Crippen LogP contribution in [0.3, 0.4) is 0 Å². The van der Waals surface area contributed by atoms with Gasteiger partial charge >= 0.3 is 5.69 Å². The standard InChI is InChI=1S/C14H20FN3O3.2ClH/c1-2-3-12(17-6-4-16-5-7-17)11-8-10(15)9-13(14(11)19)18(20)21;;/h8-9,12,16,19H,2-7H2,1H3;2*1H/t12-;;/m1../s1. The van der Waals surface area contributed by atoms with Crippen LogP contribution in [-0.4, -0.2) is 41.1 Å². The molecule has 2 rings (SSSR count). The highest BCUT2D eigenvalue weighted by Crippen LogP contribution is 2.38. The van der Waals surface area contributed by atoms with Gasteiger partial charge in [0.15, 0.2) is 5.75 Å². The van der Waals surface area contributed by atoms with E-state index in [4.69, 9.17) is 0 Å². The molecule has 1 aliphatic rings. The lowest BCUT2D eigenvalue weighted by atomic mass is 9.98. The molecule has 23 heavy (non-hydrogen) atoms. The SMILES string of the molecule is CCC[C@H](c1cc(F)cc([N+](=O)[O-])c1O)N1CCNCC1.Cl.Cl. The van der Waals surface area contributed by atoms with Crippen LogP contribution in [0, 0.1) is 15.9 Å². The van der Waals surface area contributed by atoms with E-state index in [0.717, 1.165) is 38.7 Å². The molecule has 0 aromatic heterocycles. The second-order valence-electron chi connectivity index (χ2n) is 5.21. The molecule has 1 fully saturated rings. The molecule has 1 atom stereocenters. The number of hydrogen-bond donors (Lipinski definition) is 2. The monoisotopic (exact) mass is 369 g/mol. The third kappa shape index (κ3) is 5.17. The number of nitrogens with zero attached hydrogens (tertiary/aromatic N) is 2. The Hall–Kier alpha value is -1.15. The van der Waals surface area contributed by atoms with Gasteiger partial charge in [0, 0.05) is 37.8 Å². The number of benzene rings is 1. The Morgan fingerprint density at radius 3 is 2.52 bits per heavy atom. The van der Waals surface area contributed by atoms with Gasteiger partial charge in [0.1, 0.15) is 5.82 Å². The summed E-state index contributed by atoms with van der Waals surface area (Å²) in [5.41, 5.74) is -0.258. The molecule has 1 heterocycles. The zero-order chi connectivity index (χ0) is 15.4. The van der Waals surface area contributed by atoms with Crippen LogP contribution in [0.4, 0.5) is 10.1 Å². The van der Waals surface area contributed by atoms with Gasteiger partial charge in [-0.15, -0.1) is 24.8 Å². The lowest BCUT2D eigenvalue weighted by molar-refractivity contribution is -0.386. The van der Waals surface area contributed by atoms with E-state index in [0.29, 0.717) is 12.0 Å². The molecule has 1 saturated heterocycles. The minimum Gasteiger partial charge on any atom is -0.502 e. The molecule has 0 radical (unpaired) electrons. The summed E-state index contributed by atoms with van der Waals surface area (Å²) >= 11 is 0. The predicted molar refractivity (Wildman–Crippen MR) is 91.3 cm³/mol. The van der Waals surface area contributed by atoms with Crippen molar-refractivity contribution in [3.05, 3.63) is 33.6 Å². The number of nitrogens with one attached hydrogen (secondary N) is 1. The van der Waals surface area contributed by atoms with Crippen LogP contribution < -0.4 is 5.32 Å². The third-order valence-electron chi connectivity index (χ3n) is 3.79. The van der Waals surface area contributed by atoms with Crippen molar-refractivity contribution in [1.29, 1.82) is 0 Å². The first-order valence-electron chi connectivity index (χ1n) is 7.16. The summed E-state index contributed by atoms with van der Waals surface area (Å²) in [6, 6.07) is 1.77. The van der Waals surface area contributed by atoms with E-state index in [1.54, 1.807) is 0 Å². The van der Waals surface area contributed by atoms with Gasteiger partial charge in [-0.05, 0) is 12.5 Å². The molecule has 0 aliphatic carbocycles. The molecule has 9 heteroatoms. The first-order valence-corrected chi connectivity index (χ1v) is 7.16. The maximum absolute atomic E-state index is 13.7. The van der Waals surface area contributed by atoms with Crippen LogP contribution in [0.2, 0.25) is 0 Å². The predicted octanol–water partition coefficient (Wildman–Crippen LogP) is 3.03. The fourth-order valence-electron chi connectivity index (χ4n) is 2.80. The molecule has 0 bridgehead atoms. The molecular formula is C14H22Cl2FN3O3. The third-order valence-corrected chi connectivity index (χ3v) is 3.79. The largest absolute Gasteiger partial charge is 0.502 e. The van der Waals surface area contributed by atoms with Gasteiger partial charge in [-0.25, -0.2) is 4.39 Å². The highest BCUT2D eigenvalue weighted by molar-refractivity contribution is 5.85. The summed E-state index contributed by atoms with van der Waals surface area (Å²) in [4.78, 5) is 12.3. The minimum absolute atomic E-state index is 0. The zero-order valence-electron chi connectivity index (χ0n) is 12.8. The van der Waals surface area contributed by atoms with Crippen LogP contribution in [-0.2, 0) is 0 Å². The maximum atomic E-state index is 13.7. The summed E-state index contributed by atoms with van der Waals surface area (Å²) < 4.78 is 13.7. The highest BCUT2D eigenvalue weighted by Gasteiger charge is 2.28. The van der Waals surface area contributed by atoms with Crippen molar-refractivity contribution in [2.24, 2.45) is 0 Å². The summed E-state index contributed by atoms with van der Waals surface area (Å²) in [6.07, 6.45) is 1.56. The Bertz CT molecular complexity index is 528. The van der Waals surface area contributed by atoms with Crippen molar-refractivity contribution >= 4 is 30.5 Å². The molecule has 1 aromatic carbocycles. The van der Waals surface area contributed by atoms with Gasteiger partial charge in [0.25, 0.3) is 0 Å². The Labute approximate surface area is 147 Å². The van der Waals surface area contributed by atoms with Crippen molar-refractivity contribution in [2.75, 3.05) is 26.2 Å². The van der Waals surface area contributed by atoms with E-state index in [-0.39, 0.29) is 30.9 Å². The molecule has 0 spiro atoms. The second kappa shape index (κ2) is 9.87. The minimum atomic E-state index is -0.747. The van der Waals surface area contributed by atoms with Crippen molar-refractivity contribution in [1.82, 2.24) is 10.2 Å². The number of nitro benzene ring substituents is 1. The number of piperazine rings is 1. The smallest absolute Gasteiger partial charge is 0.313 e. The topological polar surface area (TPSA) is 78.6 Å². The van der Waals surface area contributed by atoms with Crippen molar-refractivity contribution < 1.29 is 14.4 Å². The number of phenolic OH excluding ortho intramolecular Hbond substituents is 1. The normalized spacial score (nSPS) is 16.1. The summed E-state index contributed by atoms with van der Waals surface area (Å²) in [7, 11) is 0. The fraction of sp³-hybridized carbons (Fsp3) is 0.571. The number of hydrogen-bond acceptors (Lipinski definition) is 5. The van der Waals surface area contributed by atoms with Crippen LogP contribution >= 0.6 is 24.8 Å². The van der Waals surface area contributed by atoms with E-state index in [1.165, 1.54) is 6.07 Å². The zero-order valence-corrected chi connectivity index (χ0v) is 14.5. The van der Waals surface area contributed by atoms with E-state index in [2.05, 4.69) is 10.2 Å². The number of rotatable bonds is 5. The Morgan fingerprint density at radius 2 is 2.00 bits per heavy atom. The lowest BCUT2D eigenvalue weighted by Crippen LogP contribution is -2.45. The van der Waals surface area contributed by atoms with E-state index in [9.17, 15) is 19.6 Å². The number of phenols is 1. The van der Waals surface area contributed by atoms with Crippen LogP contribution in [0.15, 0.2) is 12.1 Å². The van der Waals surface area contributed by atoms with Crippen molar-refractivity contribution in [2.45, 2.75) is 25.8 Å². The quantitative estimate of drug-likeness (QED) is 0.615. The van der Waals surface area contributed by atoms with Crippen molar-refractivity contribution in [3.63, 3.8) is 0 Å². The highest BCUT2D eigenvalue weighted by atomic mass is 35.5. The van der Waals surface area contributed by atoms with Gasteiger partial charge < -0.3 is 10.4 Å². The van der Waals surface area contributed by atoms with E-state index >= 15 is 0 Å². The molecule has 2 N–H and O–H groups in total. The molecule has 0 saturated carbocycles. The van der Waals surface area contributed by atoms with Gasteiger partial charge in [0.05, 0.1) is 11.0 Å². The van der Waals surface area contributed by atoms with Crippen LogP contribution in [0.5, 0.6) is 5.75 Å². The van der Waals surface area contributed by atoms with Gasteiger partial charge in [0.2, 0.25) is 0 Å². The number of aromatic hydroxyl groups is 1. The van der Waals surface area contributed by atoms with Gasteiger partial charge in [-0.2, -0.15) is 0 Å². The summed E-state index contributed by atoms with van der Waals surface area (Å²) in [6.45, 7) is 5.18. The fourth-order valence-corrected chi connectivity index (χ4v) is 2.80. The van der Waals surface area contributed by atoms with Crippen LogP contribution in [0.25, 0.3) is 0 Å². The molecular weight excluding hydrogens is 348 g/mol. The second-order valence-corrected chi connectivity index (χ2v) is 5.21. The van der Waals surface area contributed by atoms with Crippen LogP contribution in [0.1, 0.15) is 31.4 Å². The number of nitro groups is 1. The van der Waals surface area contributed by atoms with Gasteiger partial charge in [-0.1, -0.05) is 13.3 Å². The van der Waals surface area contributed by atoms with E-state index in [1.807, 2.05) is 6.92 Å². The molecule has 0 unspecified atom stereocenters. The first-order chi connectivity index (χ1) is 10.0. The Morgan fingerprint density at radius 1 is 1.39 bits per heavy atom. The molecule has 6 nitrogen and oxygen atoms in total. The first kappa shape index (κ1) is 21.9. The Kier molecular flexibility index (Phi) is 9.38. The maximum Gasteiger partial charge on any atom is 0.313 e. The average molecular weight is 370 g/mol. The average Bonchev–Trinajstić information content (AvgIpc) is 2.47. The molecule has 1 aliphatic heterocycles. The summed E-state index contributed by atoms with van der Waals surface area (Å²) in [5, 5.41) is 24.3. The number of halogens is 3. The van der Waals surface area contributed by atoms with Crippen molar-refractivity contribution in [3.8, 4) is 5.75 Å². The molecule has 0 amide bonds. The Balaban J connectivity index is 0.00000242. The van der Waals surface area contributed by atoms with E-state index < -0.39 is 22.2 Å². The summed E-state index contributed by atoms with van der Waals surface area (Å²) in [5.74, 6) is -1.11. The lowest BCUT2D eigenvalue weighted by Gasteiger charge is -2.35. The van der Waals surface area contributed by atoms with Gasteiger partial charge in [-0.3, -0.25) is 15.0 Å². The molecule has 132 valence electrons.